The van der Waals surface area contributed by atoms with Gasteiger partial charge in [0.2, 0.25) is 5.95 Å². The molecule has 0 aliphatic carbocycles. The molecule has 88 valence electrons. The summed E-state index contributed by atoms with van der Waals surface area (Å²) in [6, 6.07) is 8.27. The van der Waals surface area contributed by atoms with Crippen LogP contribution in [0.25, 0.3) is 0 Å². The molecule has 0 unspecified atom stereocenters. The van der Waals surface area contributed by atoms with Crippen LogP contribution in [0.3, 0.4) is 0 Å². The highest BCUT2D eigenvalue weighted by Gasteiger charge is 2.04. The number of rotatable bonds is 4. The zero-order valence-electron chi connectivity index (χ0n) is 10.3. The zero-order chi connectivity index (χ0) is 12.3. The lowest BCUT2D eigenvalue weighted by Crippen LogP contribution is -2.01. The van der Waals surface area contributed by atoms with Crippen LogP contribution in [0.2, 0.25) is 0 Å². The second kappa shape index (κ2) is 4.87. The van der Waals surface area contributed by atoms with Crippen LogP contribution in [-0.2, 0) is 6.54 Å². The third kappa shape index (κ3) is 2.75. The van der Waals surface area contributed by atoms with Crippen LogP contribution in [0.15, 0.2) is 43.1 Å². The first-order valence-electron chi connectivity index (χ1n) is 5.67. The van der Waals surface area contributed by atoms with Crippen molar-refractivity contribution in [1.82, 2.24) is 9.55 Å². The van der Waals surface area contributed by atoms with Gasteiger partial charge in [0.05, 0.1) is 5.69 Å². The molecule has 1 aromatic heterocycles. The second-order valence-corrected chi connectivity index (χ2v) is 4.14. The van der Waals surface area contributed by atoms with E-state index in [0.717, 1.165) is 23.9 Å². The number of anilines is 2. The van der Waals surface area contributed by atoms with Crippen molar-refractivity contribution < 1.29 is 0 Å². The lowest BCUT2D eigenvalue weighted by Gasteiger charge is -2.07. The van der Waals surface area contributed by atoms with Gasteiger partial charge in [-0.3, -0.25) is 0 Å². The molecule has 3 heteroatoms. The average Bonchev–Trinajstić information content (AvgIpc) is 2.63. The van der Waals surface area contributed by atoms with E-state index < -0.39 is 0 Å². The maximum atomic E-state index is 4.45. The molecule has 0 fully saturated rings. The van der Waals surface area contributed by atoms with Gasteiger partial charge in [-0.1, -0.05) is 23.8 Å². The second-order valence-electron chi connectivity index (χ2n) is 4.14. The van der Waals surface area contributed by atoms with Crippen molar-refractivity contribution in [1.29, 1.82) is 0 Å². The predicted octanol–water partition coefficient (Wildman–Crippen LogP) is 3.43. The minimum absolute atomic E-state index is 0.759. The lowest BCUT2D eigenvalue weighted by molar-refractivity contribution is 0.832. The molecule has 0 amide bonds. The van der Waals surface area contributed by atoms with Gasteiger partial charge in [-0.25, -0.2) is 4.98 Å². The standard InChI is InChI=1S/C14H17N3/c1-4-9-17-10-12(3)15-14(17)16-13-7-5-11(2)6-8-13/h4-8,10H,1,9H2,2-3H3,(H,15,16). The first-order chi connectivity index (χ1) is 8.19. The van der Waals surface area contributed by atoms with Crippen molar-refractivity contribution in [2.75, 3.05) is 5.32 Å². The zero-order valence-corrected chi connectivity index (χ0v) is 10.3. The summed E-state index contributed by atoms with van der Waals surface area (Å²) >= 11 is 0. The summed E-state index contributed by atoms with van der Waals surface area (Å²) < 4.78 is 2.04. The summed E-state index contributed by atoms with van der Waals surface area (Å²) in [6.45, 7) is 8.57. The van der Waals surface area contributed by atoms with Crippen LogP contribution >= 0.6 is 0 Å². The molecule has 0 saturated carbocycles. The van der Waals surface area contributed by atoms with Crippen molar-refractivity contribution in [3.05, 3.63) is 54.4 Å². The van der Waals surface area contributed by atoms with Gasteiger partial charge in [-0.15, -0.1) is 6.58 Å². The van der Waals surface area contributed by atoms with Crippen LogP contribution in [-0.4, -0.2) is 9.55 Å². The fraction of sp³-hybridized carbons (Fsp3) is 0.214. The number of imidazole rings is 1. The molecule has 1 aromatic carbocycles. The molecule has 1 heterocycles. The van der Waals surface area contributed by atoms with Crippen LogP contribution in [0.5, 0.6) is 0 Å². The third-order valence-electron chi connectivity index (χ3n) is 2.53. The topological polar surface area (TPSA) is 29.9 Å². The fourth-order valence-corrected chi connectivity index (χ4v) is 1.69. The van der Waals surface area contributed by atoms with Crippen molar-refractivity contribution in [3.8, 4) is 0 Å². The number of benzene rings is 1. The summed E-state index contributed by atoms with van der Waals surface area (Å²) in [6.07, 6.45) is 3.87. The number of allylic oxidation sites excluding steroid dienone is 1. The Hall–Kier alpha value is -2.03. The van der Waals surface area contributed by atoms with Gasteiger partial charge in [0.15, 0.2) is 0 Å². The van der Waals surface area contributed by atoms with E-state index in [4.69, 9.17) is 0 Å². The van der Waals surface area contributed by atoms with Crippen LogP contribution in [0.4, 0.5) is 11.6 Å². The van der Waals surface area contributed by atoms with E-state index in [2.05, 4.69) is 48.1 Å². The number of aryl methyl sites for hydroxylation is 2. The predicted molar refractivity (Wildman–Crippen MR) is 71.6 cm³/mol. The number of aromatic nitrogens is 2. The van der Waals surface area contributed by atoms with Crippen LogP contribution in [0.1, 0.15) is 11.3 Å². The van der Waals surface area contributed by atoms with Gasteiger partial charge in [-0.2, -0.15) is 0 Å². The summed E-state index contributed by atoms with van der Waals surface area (Å²) in [5.74, 6) is 0.853. The third-order valence-corrected chi connectivity index (χ3v) is 2.53. The lowest BCUT2D eigenvalue weighted by atomic mass is 10.2. The van der Waals surface area contributed by atoms with Gasteiger partial charge in [0.25, 0.3) is 0 Å². The van der Waals surface area contributed by atoms with E-state index in [9.17, 15) is 0 Å². The quantitative estimate of drug-likeness (QED) is 0.811. The molecule has 0 saturated heterocycles. The van der Waals surface area contributed by atoms with Crippen molar-refractivity contribution in [2.45, 2.75) is 20.4 Å². The van der Waals surface area contributed by atoms with Crippen molar-refractivity contribution >= 4 is 11.6 Å². The number of hydrogen-bond acceptors (Lipinski definition) is 2. The maximum Gasteiger partial charge on any atom is 0.207 e. The Morgan fingerprint density at radius 1 is 1.29 bits per heavy atom. The first kappa shape index (κ1) is 11.5. The summed E-state index contributed by atoms with van der Waals surface area (Å²) in [5.41, 5.74) is 3.30. The largest absolute Gasteiger partial charge is 0.326 e. The van der Waals surface area contributed by atoms with Gasteiger partial charge >= 0.3 is 0 Å². The highest BCUT2D eigenvalue weighted by atomic mass is 15.2. The Labute approximate surface area is 102 Å². The Balaban J connectivity index is 2.22. The molecular formula is C14H17N3. The van der Waals surface area contributed by atoms with Crippen LogP contribution in [0, 0.1) is 13.8 Å². The van der Waals surface area contributed by atoms with Gasteiger partial charge < -0.3 is 9.88 Å². The Morgan fingerprint density at radius 3 is 2.65 bits per heavy atom. The van der Waals surface area contributed by atoms with Gasteiger partial charge in [-0.05, 0) is 26.0 Å². The molecule has 0 bridgehead atoms. The Kier molecular flexibility index (Phi) is 3.28. The highest BCUT2D eigenvalue weighted by Crippen LogP contribution is 2.16. The minimum atomic E-state index is 0.759. The van der Waals surface area contributed by atoms with E-state index >= 15 is 0 Å². The summed E-state index contributed by atoms with van der Waals surface area (Å²) in [7, 11) is 0. The van der Waals surface area contributed by atoms with Crippen molar-refractivity contribution in [2.24, 2.45) is 0 Å². The van der Waals surface area contributed by atoms with E-state index in [-0.39, 0.29) is 0 Å². The SMILES string of the molecule is C=CCn1cc(C)nc1Nc1ccc(C)cc1. The molecule has 0 radical (unpaired) electrons. The Morgan fingerprint density at radius 2 is 2.00 bits per heavy atom. The van der Waals surface area contributed by atoms with Crippen LogP contribution < -0.4 is 5.32 Å². The molecule has 3 nitrogen and oxygen atoms in total. The van der Waals surface area contributed by atoms with Gasteiger partial charge in [0, 0.05) is 18.4 Å². The van der Waals surface area contributed by atoms with E-state index in [0.29, 0.717) is 0 Å². The number of nitrogens with one attached hydrogen (secondary N) is 1. The summed E-state index contributed by atoms with van der Waals surface area (Å²) in [4.78, 5) is 4.45. The van der Waals surface area contributed by atoms with Crippen molar-refractivity contribution in [3.63, 3.8) is 0 Å². The molecule has 17 heavy (non-hydrogen) atoms. The fourth-order valence-electron chi connectivity index (χ4n) is 1.69. The van der Waals surface area contributed by atoms with E-state index in [1.54, 1.807) is 0 Å². The Bertz CT molecular complexity index is 509. The summed E-state index contributed by atoms with van der Waals surface area (Å²) in [5, 5.41) is 3.31. The highest BCUT2D eigenvalue weighted by molar-refractivity contribution is 5.54. The smallest absolute Gasteiger partial charge is 0.207 e. The molecule has 1 N–H and O–H groups in total. The number of nitrogens with zero attached hydrogens (tertiary/aromatic N) is 2. The molecular weight excluding hydrogens is 210 g/mol. The molecule has 0 aliphatic heterocycles. The molecule has 0 aliphatic rings. The van der Waals surface area contributed by atoms with E-state index in [1.165, 1.54) is 5.56 Å². The normalized spacial score (nSPS) is 10.2. The molecule has 0 spiro atoms. The molecule has 2 aromatic rings. The van der Waals surface area contributed by atoms with E-state index in [1.807, 2.05) is 23.8 Å². The maximum absolute atomic E-state index is 4.45. The average molecular weight is 227 g/mol. The number of hydrogen-bond donors (Lipinski definition) is 1. The monoisotopic (exact) mass is 227 g/mol. The molecule has 0 atom stereocenters. The minimum Gasteiger partial charge on any atom is -0.326 e. The van der Waals surface area contributed by atoms with Gasteiger partial charge in [0.1, 0.15) is 0 Å². The first-order valence-corrected chi connectivity index (χ1v) is 5.67. The molecule has 2 rings (SSSR count).